The van der Waals surface area contributed by atoms with Crippen LogP contribution in [-0.2, 0) is 5.41 Å². The molecule has 98 valence electrons. The first-order valence-corrected chi connectivity index (χ1v) is 7.57. The number of benzene rings is 1. The standard InChI is InChI=1S/C16H18N2S/c1-2-12-5-7-13(8-6-12)16(9-3-4-10-16)14-11-19-15(17)18-14/h2,5-8,11H,1,3-4,9-10H2,(H2,17,18). The summed E-state index contributed by atoms with van der Waals surface area (Å²) in [5.41, 5.74) is 9.58. The van der Waals surface area contributed by atoms with Crippen LogP contribution in [0.1, 0.15) is 42.5 Å². The third-order valence-corrected chi connectivity index (χ3v) is 4.84. The zero-order chi connectivity index (χ0) is 13.3. The zero-order valence-corrected chi connectivity index (χ0v) is 11.7. The van der Waals surface area contributed by atoms with Gasteiger partial charge in [-0.05, 0) is 24.0 Å². The molecule has 0 saturated heterocycles. The highest BCUT2D eigenvalue weighted by Crippen LogP contribution is 2.46. The lowest BCUT2D eigenvalue weighted by Gasteiger charge is -2.28. The van der Waals surface area contributed by atoms with Crippen molar-refractivity contribution in [2.45, 2.75) is 31.1 Å². The highest BCUT2D eigenvalue weighted by atomic mass is 32.1. The average molecular weight is 270 g/mol. The second-order valence-electron chi connectivity index (χ2n) is 5.19. The molecule has 1 aromatic heterocycles. The minimum atomic E-state index is 0.0772. The predicted octanol–water partition coefficient (Wildman–Crippen LogP) is 4.23. The monoisotopic (exact) mass is 270 g/mol. The third-order valence-electron chi connectivity index (χ3n) is 4.17. The molecular formula is C16H18N2S. The number of thiazole rings is 1. The number of nitrogen functional groups attached to an aromatic ring is 1. The van der Waals surface area contributed by atoms with E-state index in [0.29, 0.717) is 5.13 Å². The molecule has 3 heteroatoms. The normalized spacial score (nSPS) is 17.5. The van der Waals surface area contributed by atoms with E-state index in [1.54, 1.807) is 11.3 Å². The van der Waals surface area contributed by atoms with Gasteiger partial charge in [0.15, 0.2) is 5.13 Å². The first-order valence-electron chi connectivity index (χ1n) is 6.69. The maximum atomic E-state index is 5.82. The van der Waals surface area contributed by atoms with E-state index in [0.717, 1.165) is 11.3 Å². The molecule has 0 radical (unpaired) electrons. The molecule has 2 nitrogen and oxygen atoms in total. The predicted molar refractivity (Wildman–Crippen MR) is 82.3 cm³/mol. The number of hydrogen-bond acceptors (Lipinski definition) is 3. The lowest BCUT2D eigenvalue weighted by molar-refractivity contribution is 0.522. The summed E-state index contributed by atoms with van der Waals surface area (Å²) in [7, 11) is 0. The fourth-order valence-electron chi connectivity index (χ4n) is 3.12. The SMILES string of the molecule is C=Cc1ccc(C2(c3csc(N)n3)CCCC2)cc1. The average Bonchev–Trinajstić information content (AvgIpc) is 3.08. The van der Waals surface area contributed by atoms with Crippen LogP contribution in [0, 0.1) is 0 Å². The summed E-state index contributed by atoms with van der Waals surface area (Å²) in [4.78, 5) is 4.56. The van der Waals surface area contributed by atoms with Gasteiger partial charge in [0.1, 0.15) is 0 Å². The lowest BCUT2D eigenvalue weighted by Crippen LogP contribution is -2.24. The van der Waals surface area contributed by atoms with Crippen molar-refractivity contribution >= 4 is 22.5 Å². The summed E-state index contributed by atoms with van der Waals surface area (Å²) < 4.78 is 0. The second-order valence-corrected chi connectivity index (χ2v) is 6.08. The molecule has 1 aliphatic rings. The van der Waals surface area contributed by atoms with Gasteiger partial charge in [0, 0.05) is 10.8 Å². The quantitative estimate of drug-likeness (QED) is 0.906. The molecule has 0 spiro atoms. The van der Waals surface area contributed by atoms with E-state index >= 15 is 0 Å². The maximum absolute atomic E-state index is 5.82. The number of aromatic nitrogens is 1. The number of nitrogens with two attached hydrogens (primary N) is 1. The molecule has 1 aromatic carbocycles. The van der Waals surface area contributed by atoms with Crippen LogP contribution in [0.25, 0.3) is 6.08 Å². The van der Waals surface area contributed by atoms with Crippen molar-refractivity contribution in [1.82, 2.24) is 4.98 Å². The van der Waals surface area contributed by atoms with Crippen molar-refractivity contribution in [2.75, 3.05) is 5.73 Å². The summed E-state index contributed by atoms with van der Waals surface area (Å²) in [6.07, 6.45) is 6.75. The van der Waals surface area contributed by atoms with E-state index in [2.05, 4.69) is 41.2 Å². The minimum Gasteiger partial charge on any atom is -0.375 e. The minimum absolute atomic E-state index is 0.0772. The molecule has 19 heavy (non-hydrogen) atoms. The summed E-state index contributed by atoms with van der Waals surface area (Å²) >= 11 is 1.54. The molecule has 1 fully saturated rings. The number of hydrogen-bond donors (Lipinski definition) is 1. The Morgan fingerprint density at radius 2 is 1.89 bits per heavy atom. The first-order chi connectivity index (χ1) is 9.24. The molecule has 1 aliphatic carbocycles. The molecule has 0 atom stereocenters. The first kappa shape index (κ1) is 12.4. The topological polar surface area (TPSA) is 38.9 Å². The third kappa shape index (κ3) is 2.08. The van der Waals surface area contributed by atoms with Crippen molar-refractivity contribution in [1.29, 1.82) is 0 Å². The van der Waals surface area contributed by atoms with Gasteiger partial charge in [-0.15, -0.1) is 11.3 Å². The van der Waals surface area contributed by atoms with Gasteiger partial charge in [-0.2, -0.15) is 0 Å². The van der Waals surface area contributed by atoms with Gasteiger partial charge in [0.05, 0.1) is 5.69 Å². The van der Waals surface area contributed by atoms with E-state index in [9.17, 15) is 0 Å². The highest BCUT2D eigenvalue weighted by Gasteiger charge is 2.39. The van der Waals surface area contributed by atoms with Crippen LogP contribution < -0.4 is 5.73 Å². The van der Waals surface area contributed by atoms with Crippen LogP contribution in [-0.4, -0.2) is 4.98 Å². The van der Waals surface area contributed by atoms with Crippen molar-refractivity contribution in [3.05, 3.63) is 53.0 Å². The Labute approximate surface area is 118 Å². The Bertz CT molecular complexity index is 577. The summed E-state index contributed by atoms with van der Waals surface area (Å²) in [5.74, 6) is 0. The zero-order valence-electron chi connectivity index (χ0n) is 10.9. The number of anilines is 1. The van der Waals surface area contributed by atoms with Gasteiger partial charge in [0.2, 0.25) is 0 Å². The van der Waals surface area contributed by atoms with Crippen LogP contribution in [0.4, 0.5) is 5.13 Å². The summed E-state index contributed by atoms with van der Waals surface area (Å²) in [6, 6.07) is 8.71. The summed E-state index contributed by atoms with van der Waals surface area (Å²) in [6.45, 7) is 3.81. The Kier molecular flexibility index (Phi) is 3.15. The molecule has 0 bridgehead atoms. The van der Waals surface area contributed by atoms with E-state index in [1.165, 1.54) is 31.2 Å². The van der Waals surface area contributed by atoms with E-state index in [4.69, 9.17) is 5.73 Å². The smallest absolute Gasteiger partial charge is 0.180 e. The molecule has 2 N–H and O–H groups in total. The van der Waals surface area contributed by atoms with Crippen LogP contribution >= 0.6 is 11.3 Å². The molecule has 3 rings (SSSR count). The second kappa shape index (κ2) is 4.82. The molecule has 1 heterocycles. The van der Waals surface area contributed by atoms with Gasteiger partial charge in [0.25, 0.3) is 0 Å². The van der Waals surface area contributed by atoms with Crippen molar-refractivity contribution in [3.63, 3.8) is 0 Å². The molecular weight excluding hydrogens is 252 g/mol. The van der Waals surface area contributed by atoms with Crippen molar-refractivity contribution < 1.29 is 0 Å². The Hall–Kier alpha value is -1.61. The van der Waals surface area contributed by atoms with E-state index < -0.39 is 0 Å². The fourth-order valence-corrected chi connectivity index (χ4v) is 3.78. The molecule has 0 aliphatic heterocycles. The van der Waals surface area contributed by atoms with Crippen LogP contribution in [0.5, 0.6) is 0 Å². The van der Waals surface area contributed by atoms with Crippen molar-refractivity contribution in [3.8, 4) is 0 Å². The Morgan fingerprint density at radius 3 is 2.42 bits per heavy atom. The number of rotatable bonds is 3. The van der Waals surface area contributed by atoms with Gasteiger partial charge < -0.3 is 5.73 Å². The van der Waals surface area contributed by atoms with E-state index in [1.807, 2.05) is 6.08 Å². The van der Waals surface area contributed by atoms with Gasteiger partial charge in [-0.3, -0.25) is 0 Å². The van der Waals surface area contributed by atoms with Crippen LogP contribution in [0.3, 0.4) is 0 Å². The van der Waals surface area contributed by atoms with Crippen molar-refractivity contribution in [2.24, 2.45) is 0 Å². The van der Waals surface area contributed by atoms with Crippen LogP contribution in [0.2, 0.25) is 0 Å². The van der Waals surface area contributed by atoms with Crippen LogP contribution in [0.15, 0.2) is 36.2 Å². The van der Waals surface area contributed by atoms with Gasteiger partial charge in [-0.1, -0.05) is 49.8 Å². The molecule has 2 aromatic rings. The summed E-state index contributed by atoms with van der Waals surface area (Å²) in [5, 5.41) is 2.80. The fraction of sp³-hybridized carbons (Fsp3) is 0.312. The lowest BCUT2D eigenvalue weighted by atomic mass is 9.76. The molecule has 0 unspecified atom stereocenters. The van der Waals surface area contributed by atoms with Gasteiger partial charge in [-0.25, -0.2) is 4.98 Å². The molecule has 1 saturated carbocycles. The largest absolute Gasteiger partial charge is 0.375 e. The van der Waals surface area contributed by atoms with Gasteiger partial charge >= 0.3 is 0 Å². The molecule has 0 amide bonds. The Morgan fingerprint density at radius 1 is 1.21 bits per heavy atom. The Balaban J connectivity index is 2.06. The maximum Gasteiger partial charge on any atom is 0.180 e. The highest BCUT2D eigenvalue weighted by molar-refractivity contribution is 7.13. The van der Waals surface area contributed by atoms with E-state index in [-0.39, 0.29) is 5.41 Å². The number of nitrogens with zero attached hydrogens (tertiary/aromatic N) is 1.